The third-order valence-corrected chi connectivity index (χ3v) is 4.89. The van der Waals surface area contributed by atoms with Crippen LogP contribution in [0.1, 0.15) is 25.3 Å². The van der Waals surface area contributed by atoms with Gasteiger partial charge in [0.1, 0.15) is 5.75 Å². The van der Waals surface area contributed by atoms with Gasteiger partial charge in [-0.3, -0.25) is 9.79 Å². The molecule has 0 aliphatic heterocycles. The number of rotatable bonds is 11. The molecule has 2 aromatic carbocycles. The zero-order chi connectivity index (χ0) is 22.8. The number of hydrogen-bond donors (Lipinski definition) is 3. The average Bonchev–Trinajstić information content (AvgIpc) is 3.62. The van der Waals surface area contributed by atoms with Crippen LogP contribution in [0.25, 0.3) is 0 Å². The predicted molar refractivity (Wildman–Crippen MR) is 141 cm³/mol. The topological polar surface area (TPSA) is 93.2 Å². The minimum atomic E-state index is -0.0649. The average molecular weight is 568 g/mol. The fraction of sp³-hybridized carbons (Fsp3) is 0.417. The van der Waals surface area contributed by atoms with E-state index in [0.717, 1.165) is 30.5 Å². The molecule has 0 radical (unpaired) electrons. The van der Waals surface area contributed by atoms with Crippen LogP contribution < -0.4 is 30.2 Å². The van der Waals surface area contributed by atoms with E-state index in [1.165, 1.54) is 0 Å². The molecule has 0 unspecified atom stereocenters. The van der Waals surface area contributed by atoms with Crippen molar-refractivity contribution in [1.82, 2.24) is 10.6 Å². The molecule has 3 rings (SSSR count). The Bertz CT molecular complexity index is 917. The zero-order valence-electron chi connectivity index (χ0n) is 19.3. The van der Waals surface area contributed by atoms with Crippen LogP contribution in [-0.2, 0) is 11.2 Å². The Hall–Kier alpha value is -2.69. The van der Waals surface area contributed by atoms with E-state index in [1.807, 2.05) is 49.4 Å². The number of guanidine groups is 1. The number of methoxy groups -OCH3 is 1. The summed E-state index contributed by atoms with van der Waals surface area (Å²) in [4.78, 5) is 16.0. The maximum Gasteiger partial charge on any atom is 0.258 e. The SMILES string of the molecule is CCOc1cc(NC(=NC)NCCc2ccc(OCC(=O)NC3CC3)cc2)ccc1OC.I. The highest BCUT2D eigenvalue weighted by Gasteiger charge is 2.23. The normalized spacial score (nSPS) is 12.9. The van der Waals surface area contributed by atoms with Gasteiger partial charge in [0.2, 0.25) is 0 Å². The highest BCUT2D eigenvalue weighted by atomic mass is 127. The van der Waals surface area contributed by atoms with Gasteiger partial charge in [-0.15, -0.1) is 24.0 Å². The van der Waals surface area contributed by atoms with E-state index in [-0.39, 0.29) is 36.5 Å². The van der Waals surface area contributed by atoms with Crippen molar-refractivity contribution in [2.24, 2.45) is 4.99 Å². The van der Waals surface area contributed by atoms with Crippen LogP contribution in [0.5, 0.6) is 17.2 Å². The molecule has 0 spiro atoms. The van der Waals surface area contributed by atoms with E-state index >= 15 is 0 Å². The van der Waals surface area contributed by atoms with Crippen LogP contribution >= 0.6 is 24.0 Å². The van der Waals surface area contributed by atoms with Gasteiger partial charge in [-0.25, -0.2) is 0 Å². The lowest BCUT2D eigenvalue weighted by atomic mass is 10.1. The number of aliphatic imine (C=N–C) groups is 1. The molecule has 1 saturated carbocycles. The number of nitrogens with one attached hydrogen (secondary N) is 3. The van der Waals surface area contributed by atoms with Crippen molar-refractivity contribution in [2.45, 2.75) is 32.2 Å². The van der Waals surface area contributed by atoms with Crippen molar-refractivity contribution in [2.75, 3.05) is 39.2 Å². The second kappa shape index (κ2) is 13.8. The molecule has 8 nitrogen and oxygen atoms in total. The molecule has 0 bridgehead atoms. The van der Waals surface area contributed by atoms with E-state index in [0.29, 0.717) is 42.4 Å². The van der Waals surface area contributed by atoms with E-state index in [1.54, 1.807) is 14.2 Å². The lowest BCUT2D eigenvalue weighted by Crippen LogP contribution is -2.32. The van der Waals surface area contributed by atoms with E-state index in [2.05, 4.69) is 20.9 Å². The molecular weight excluding hydrogens is 535 g/mol. The summed E-state index contributed by atoms with van der Waals surface area (Å²) in [6.07, 6.45) is 2.96. The van der Waals surface area contributed by atoms with Gasteiger partial charge in [-0.1, -0.05) is 12.1 Å². The minimum absolute atomic E-state index is 0. The summed E-state index contributed by atoms with van der Waals surface area (Å²) in [6, 6.07) is 13.8. The summed E-state index contributed by atoms with van der Waals surface area (Å²) < 4.78 is 16.5. The van der Waals surface area contributed by atoms with Crippen LogP contribution in [0.15, 0.2) is 47.5 Å². The van der Waals surface area contributed by atoms with Crippen LogP contribution in [0.2, 0.25) is 0 Å². The van der Waals surface area contributed by atoms with Gasteiger partial charge in [-0.2, -0.15) is 0 Å². The second-order valence-corrected chi connectivity index (χ2v) is 7.45. The van der Waals surface area contributed by atoms with Gasteiger partial charge in [0, 0.05) is 31.4 Å². The van der Waals surface area contributed by atoms with Crippen LogP contribution in [0, 0.1) is 0 Å². The summed E-state index contributed by atoms with van der Waals surface area (Å²) in [5.74, 6) is 2.66. The largest absolute Gasteiger partial charge is 0.493 e. The maximum absolute atomic E-state index is 11.7. The molecule has 1 amide bonds. The Morgan fingerprint density at radius 2 is 1.85 bits per heavy atom. The quantitative estimate of drug-likeness (QED) is 0.218. The van der Waals surface area contributed by atoms with E-state index < -0.39 is 0 Å². The fourth-order valence-electron chi connectivity index (χ4n) is 3.06. The van der Waals surface area contributed by atoms with Crippen molar-refractivity contribution >= 4 is 41.5 Å². The van der Waals surface area contributed by atoms with Gasteiger partial charge < -0.3 is 30.2 Å². The lowest BCUT2D eigenvalue weighted by Gasteiger charge is -2.15. The van der Waals surface area contributed by atoms with E-state index in [9.17, 15) is 4.79 Å². The number of hydrogen-bond acceptors (Lipinski definition) is 5. The molecular formula is C24H33IN4O4. The van der Waals surface area contributed by atoms with Gasteiger partial charge in [0.25, 0.3) is 5.91 Å². The third-order valence-electron chi connectivity index (χ3n) is 4.89. The zero-order valence-corrected chi connectivity index (χ0v) is 21.7. The Balaban J connectivity index is 0.00000385. The summed E-state index contributed by atoms with van der Waals surface area (Å²) >= 11 is 0. The summed E-state index contributed by atoms with van der Waals surface area (Å²) in [5.41, 5.74) is 2.01. The highest BCUT2D eigenvalue weighted by molar-refractivity contribution is 14.0. The maximum atomic E-state index is 11.7. The first-order chi connectivity index (χ1) is 15.6. The number of ether oxygens (including phenoxy) is 3. The number of anilines is 1. The Morgan fingerprint density at radius 1 is 1.09 bits per heavy atom. The molecule has 0 saturated heterocycles. The predicted octanol–water partition coefficient (Wildman–Crippen LogP) is 3.60. The first-order valence-corrected chi connectivity index (χ1v) is 10.9. The molecule has 2 aromatic rings. The number of halogens is 1. The first kappa shape index (κ1) is 26.6. The van der Waals surface area contributed by atoms with Crippen molar-refractivity contribution in [3.05, 3.63) is 48.0 Å². The Morgan fingerprint density at radius 3 is 2.48 bits per heavy atom. The number of amides is 1. The van der Waals surface area contributed by atoms with Crippen molar-refractivity contribution in [3.8, 4) is 17.2 Å². The number of carbonyl (C=O) groups excluding carboxylic acids is 1. The van der Waals surface area contributed by atoms with Crippen LogP contribution in [0.3, 0.4) is 0 Å². The van der Waals surface area contributed by atoms with Gasteiger partial charge in [0.15, 0.2) is 24.1 Å². The highest BCUT2D eigenvalue weighted by Crippen LogP contribution is 2.30. The Kier molecular flexibility index (Phi) is 11.1. The molecule has 0 aromatic heterocycles. The molecule has 1 aliphatic rings. The third kappa shape index (κ3) is 8.99. The van der Waals surface area contributed by atoms with Gasteiger partial charge >= 0.3 is 0 Å². The summed E-state index contributed by atoms with van der Waals surface area (Å²) in [7, 11) is 3.35. The van der Waals surface area contributed by atoms with Crippen molar-refractivity contribution in [3.63, 3.8) is 0 Å². The lowest BCUT2D eigenvalue weighted by molar-refractivity contribution is -0.123. The summed E-state index contributed by atoms with van der Waals surface area (Å²) in [5, 5.41) is 9.48. The number of nitrogens with zero attached hydrogens (tertiary/aromatic N) is 1. The molecule has 33 heavy (non-hydrogen) atoms. The van der Waals surface area contributed by atoms with E-state index in [4.69, 9.17) is 14.2 Å². The molecule has 180 valence electrons. The molecule has 1 fully saturated rings. The van der Waals surface area contributed by atoms with Crippen LogP contribution in [0.4, 0.5) is 5.69 Å². The molecule has 1 aliphatic carbocycles. The smallest absolute Gasteiger partial charge is 0.258 e. The Labute approximate surface area is 212 Å². The van der Waals surface area contributed by atoms with Crippen molar-refractivity contribution in [1.29, 1.82) is 0 Å². The summed E-state index contributed by atoms with van der Waals surface area (Å²) in [6.45, 7) is 3.25. The van der Waals surface area contributed by atoms with Crippen molar-refractivity contribution < 1.29 is 19.0 Å². The minimum Gasteiger partial charge on any atom is -0.493 e. The van der Waals surface area contributed by atoms with Gasteiger partial charge in [-0.05, 0) is 56.0 Å². The number of benzene rings is 2. The second-order valence-electron chi connectivity index (χ2n) is 7.45. The standard InChI is InChI=1S/C24H32N4O4.HI/c1-4-31-22-15-19(9-12-21(22)30-3)28-24(25-2)26-14-13-17-5-10-20(11-6-17)32-16-23(29)27-18-7-8-18;/h5-6,9-12,15,18H,4,7-8,13-14,16H2,1-3H3,(H,27,29)(H2,25,26,28);1H. The number of carbonyl (C=O) groups is 1. The van der Waals surface area contributed by atoms with Crippen LogP contribution in [-0.4, -0.2) is 51.8 Å². The first-order valence-electron chi connectivity index (χ1n) is 10.9. The molecule has 9 heteroatoms. The molecule has 0 heterocycles. The van der Waals surface area contributed by atoms with Gasteiger partial charge in [0.05, 0.1) is 13.7 Å². The molecule has 3 N–H and O–H groups in total. The fourth-order valence-corrected chi connectivity index (χ4v) is 3.06. The monoisotopic (exact) mass is 568 g/mol. The molecule has 0 atom stereocenters.